The lowest BCUT2D eigenvalue weighted by Gasteiger charge is -2.24. The van der Waals surface area contributed by atoms with Gasteiger partial charge in [0.2, 0.25) is 11.8 Å². The number of amides is 2. The summed E-state index contributed by atoms with van der Waals surface area (Å²) in [5.74, 6) is -0.925. The third kappa shape index (κ3) is 4.68. The molecule has 0 spiro atoms. The number of hydrogen-bond donors (Lipinski definition) is 2. The van der Waals surface area contributed by atoms with Crippen LogP contribution < -0.4 is 10.1 Å². The van der Waals surface area contributed by atoms with Crippen LogP contribution in [0.4, 0.5) is 9.18 Å². The minimum absolute atomic E-state index is 0.0250. The summed E-state index contributed by atoms with van der Waals surface area (Å²) in [6.45, 7) is -0.272. The van der Waals surface area contributed by atoms with Gasteiger partial charge in [0, 0.05) is 36.8 Å². The molecule has 1 aliphatic heterocycles. The molecule has 1 fully saturated rings. The van der Waals surface area contributed by atoms with Crippen molar-refractivity contribution in [2.24, 2.45) is 0 Å². The van der Waals surface area contributed by atoms with Gasteiger partial charge in [0.1, 0.15) is 11.0 Å². The largest absolute Gasteiger partial charge is 0.481 e. The van der Waals surface area contributed by atoms with Crippen molar-refractivity contribution < 1.29 is 23.8 Å². The molecule has 0 radical (unpaired) electrons. The van der Waals surface area contributed by atoms with Crippen molar-refractivity contribution in [3.8, 4) is 17.1 Å². The minimum Gasteiger partial charge on any atom is -0.481 e. The molecule has 1 saturated heterocycles. The molecule has 11 heteroatoms. The van der Waals surface area contributed by atoms with Crippen LogP contribution in [0.1, 0.15) is 18.4 Å². The van der Waals surface area contributed by atoms with Gasteiger partial charge in [-0.3, -0.25) is 4.79 Å². The molecule has 0 aromatic carbocycles. The third-order valence-electron chi connectivity index (χ3n) is 4.49. The van der Waals surface area contributed by atoms with Gasteiger partial charge in [0.15, 0.2) is 0 Å². The summed E-state index contributed by atoms with van der Waals surface area (Å²) in [4.78, 5) is 32.1. The Bertz CT molecular complexity index is 960. The number of pyridine rings is 2. The van der Waals surface area contributed by atoms with E-state index in [1.165, 1.54) is 19.4 Å². The van der Waals surface area contributed by atoms with E-state index in [4.69, 9.17) is 27.9 Å². The van der Waals surface area contributed by atoms with Gasteiger partial charge < -0.3 is 20.1 Å². The standard InChI is InChI=1S/C18H17Cl2FN4O4/c1-29-17-11(8-25(18(27)28)7-9-2-3-14(26)23-9)12(21)6-13(24-17)10-4-5-22-16(20)15(10)19/h4-6,9H,2-3,7-8H2,1H3,(H,23,26)(H,27,28)/t9-/m0/s1. The maximum atomic E-state index is 14.9. The Morgan fingerprint density at radius 2 is 2.24 bits per heavy atom. The first-order chi connectivity index (χ1) is 13.8. The van der Waals surface area contributed by atoms with Crippen molar-refractivity contribution in [1.82, 2.24) is 20.2 Å². The SMILES string of the molecule is COc1nc(-c2ccnc(Cl)c2Cl)cc(F)c1CN(C[C@@H]1CCC(=O)N1)C(=O)O. The summed E-state index contributed by atoms with van der Waals surface area (Å²) in [6.07, 6.45) is 1.01. The fraction of sp³-hybridized carbons (Fsp3) is 0.333. The molecule has 154 valence electrons. The van der Waals surface area contributed by atoms with Crippen molar-refractivity contribution in [1.29, 1.82) is 0 Å². The van der Waals surface area contributed by atoms with Crippen LogP contribution in [0.2, 0.25) is 10.2 Å². The highest BCUT2D eigenvalue weighted by molar-refractivity contribution is 6.42. The average molecular weight is 443 g/mol. The van der Waals surface area contributed by atoms with E-state index in [-0.39, 0.29) is 52.4 Å². The summed E-state index contributed by atoms with van der Waals surface area (Å²) < 4.78 is 20.1. The molecule has 2 aromatic rings. The summed E-state index contributed by atoms with van der Waals surface area (Å²) in [7, 11) is 1.30. The highest BCUT2D eigenvalue weighted by Gasteiger charge is 2.27. The zero-order valence-electron chi connectivity index (χ0n) is 15.3. The fourth-order valence-corrected chi connectivity index (χ4v) is 3.43. The van der Waals surface area contributed by atoms with E-state index < -0.39 is 11.9 Å². The normalized spacial score (nSPS) is 15.9. The molecule has 3 heterocycles. The number of methoxy groups -OCH3 is 1. The molecule has 8 nitrogen and oxygen atoms in total. The number of carbonyl (C=O) groups is 2. The van der Waals surface area contributed by atoms with E-state index in [1.54, 1.807) is 0 Å². The van der Waals surface area contributed by atoms with Gasteiger partial charge in [-0.05, 0) is 12.5 Å². The number of ether oxygens (including phenoxy) is 1. The molecule has 2 N–H and O–H groups in total. The highest BCUT2D eigenvalue weighted by atomic mass is 35.5. The molecular weight excluding hydrogens is 426 g/mol. The Morgan fingerprint density at radius 1 is 1.48 bits per heavy atom. The van der Waals surface area contributed by atoms with E-state index in [1.807, 2.05) is 0 Å². The van der Waals surface area contributed by atoms with Gasteiger partial charge in [-0.15, -0.1) is 0 Å². The molecule has 0 bridgehead atoms. The van der Waals surface area contributed by atoms with Crippen LogP contribution in [0.5, 0.6) is 5.88 Å². The molecule has 0 saturated carbocycles. The van der Waals surface area contributed by atoms with Crippen LogP contribution >= 0.6 is 23.2 Å². The molecule has 1 atom stereocenters. The molecule has 2 amide bonds. The van der Waals surface area contributed by atoms with E-state index in [9.17, 15) is 19.1 Å². The second-order valence-corrected chi connectivity index (χ2v) is 7.14. The Hall–Kier alpha value is -2.65. The van der Waals surface area contributed by atoms with Crippen LogP contribution in [0, 0.1) is 5.82 Å². The van der Waals surface area contributed by atoms with Gasteiger partial charge in [-0.2, -0.15) is 0 Å². The number of carboxylic acid groups (broad SMARTS) is 1. The van der Waals surface area contributed by atoms with Gasteiger partial charge in [0.25, 0.3) is 0 Å². The Kier molecular flexibility index (Phi) is 6.39. The summed E-state index contributed by atoms with van der Waals surface area (Å²) in [6, 6.07) is 2.34. The molecule has 1 aliphatic rings. The first-order valence-corrected chi connectivity index (χ1v) is 9.36. The topological polar surface area (TPSA) is 105 Å². The van der Waals surface area contributed by atoms with E-state index in [2.05, 4.69) is 15.3 Å². The van der Waals surface area contributed by atoms with Crippen molar-refractivity contribution >= 4 is 35.2 Å². The quantitative estimate of drug-likeness (QED) is 0.664. The minimum atomic E-state index is -1.25. The fourth-order valence-electron chi connectivity index (χ4n) is 3.07. The molecule has 0 unspecified atom stereocenters. The molecule has 3 rings (SSSR count). The summed E-state index contributed by atoms with van der Waals surface area (Å²) in [5, 5.41) is 12.4. The lowest BCUT2D eigenvalue weighted by molar-refractivity contribution is -0.119. The first kappa shape index (κ1) is 21.1. The van der Waals surface area contributed by atoms with Gasteiger partial charge >= 0.3 is 6.09 Å². The van der Waals surface area contributed by atoms with Gasteiger partial charge in [0.05, 0.1) is 29.9 Å². The Labute approximate surface area is 175 Å². The second-order valence-electron chi connectivity index (χ2n) is 6.41. The van der Waals surface area contributed by atoms with E-state index in [0.717, 1.165) is 11.0 Å². The highest BCUT2D eigenvalue weighted by Crippen LogP contribution is 2.34. The predicted molar refractivity (Wildman–Crippen MR) is 104 cm³/mol. The monoisotopic (exact) mass is 442 g/mol. The van der Waals surface area contributed by atoms with E-state index in [0.29, 0.717) is 18.4 Å². The predicted octanol–water partition coefficient (Wildman–Crippen LogP) is 3.36. The molecular formula is C18H17Cl2FN4O4. The number of carbonyl (C=O) groups excluding carboxylic acids is 1. The van der Waals surface area contributed by atoms with Crippen LogP contribution in [-0.2, 0) is 11.3 Å². The van der Waals surface area contributed by atoms with Crippen LogP contribution in [0.25, 0.3) is 11.3 Å². The average Bonchev–Trinajstić information content (AvgIpc) is 3.09. The smallest absolute Gasteiger partial charge is 0.407 e. The number of nitrogens with zero attached hydrogens (tertiary/aromatic N) is 3. The van der Waals surface area contributed by atoms with Crippen molar-refractivity contribution in [3.05, 3.63) is 39.9 Å². The molecule has 0 aliphatic carbocycles. The van der Waals surface area contributed by atoms with E-state index >= 15 is 0 Å². The number of aromatic nitrogens is 2. The van der Waals surface area contributed by atoms with Gasteiger partial charge in [-0.1, -0.05) is 23.2 Å². The molecule has 29 heavy (non-hydrogen) atoms. The van der Waals surface area contributed by atoms with Gasteiger partial charge in [-0.25, -0.2) is 19.2 Å². The summed E-state index contributed by atoms with van der Waals surface area (Å²) in [5.41, 5.74) is 0.501. The van der Waals surface area contributed by atoms with Crippen molar-refractivity contribution in [2.75, 3.05) is 13.7 Å². The number of nitrogens with one attached hydrogen (secondary N) is 1. The zero-order valence-corrected chi connectivity index (χ0v) is 16.8. The lowest BCUT2D eigenvalue weighted by atomic mass is 10.1. The Morgan fingerprint density at radius 3 is 2.86 bits per heavy atom. The number of halogens is 3. The van der Waals surface area contributed by atoms with Crippen molar-refractivity contribution in [3.63, 3.8) is 0 Å². The maximum Gasteiger partial charge on any atom is 0.407 e. The molecule has 2 aromatic heterocycles. The van der Waals surface area contributed by atoms with Crippen molar-refractivity contribution in [2.45, 2.75) is 25.4 Å². The lowest BCUT2D eigenvalue weighted by Crippen LogP contribution is -2.41. The number of hydrogen-bond acceptors (Lipinski definition) is 5. The van der Waals surface area contributed by atoms with Crippen LogP contribution in [0.15, 0.2) is 18.3 Å². The first-order valence-electron chi connectivity index (χ1n) is 8.61. The maximum absolute atomic E-state index is 14.9. The Balaban J connectivity index is 1.91. The van der Waals surface area contributed by atoms with Crippen LogP contribution in [0.3, 0.4) is 0 Å². The second kappa shape index (κ2) is 8.79. The third-order valence-corrected chi connectivity index (χ3v) is 5.26. The summed E-state index contributed by atoms with van der Waals surface area (Å²) >= 11 is 12.0. The number of rotatable bonds is 6. The van der Waals surface area contributed by atoms with Crippen LogP contribution in [-0.4, -0.2) is 51.7 Å². The zero-order chi connectivity index (χ0) is 21.1.